The van der Waals surface area contributed by atoms with Gasteiger partial charge in [-0.2, -0.15) is 13.2 Å². The smallest absolute Gasteiger partial charge is 0.433 e. The summed E-state index contributed by atoms with van der Waals surface area (Å²) < 4.78 is 59.4. The Kier molecular flexibility index (Phi) is 5.65. The highest BCUT2D eigenvalue weighted by atomic mass is 19.4. The first-order chi connectivity index (χ1) is 16.6. The fourth-order valence-corrected chi connectivity index (χ4v) is 4.85. The summed E-state index contributed by atoms with van der Waals surface area (Å²) in [6, 6.07) is 13.1. The van der Waals surface area contributed by atoms with Gasteiger partial charge in [-0.15, -0.1) is 0 Å². The molecule has 0 bridgehead atoms. The molecule has 0 radical (unpaired) electrons. The van der Waals surface area contributed by atoms with Crippen molar-refractivity contribution in [2.75, 3.05) is 5.32 Å². The average Bonchev–Trinajstić information content (AvgIpc) is 3.22. The van der Waals surface area contributed by atoms with E-state index in [0.717, 1.165) is 18.9 Å². The molecule has 0 saturated heterocycles. The van der Waals surface area contributed by atoms with E-state index in [4.69, 9.17) is 4.42 Å². The van der Waals surface area contributed by atoms with Crippen LogP contribution in [0.15, 0.2) is 59.0 Å². The summed E-state index contributed by atoms with van der Waals surface area (Å²) in [5.74, 6) is -0.758. The number of amides is 1. The number of pyridine rings is 1. The van der Waals surface area contributed by atoms with Crippen molar-refractivity contribution < 1.29 is 26.8 Å². The molecule has 0 aliphatic heterocycles. The lowest BCUT2D eigenvalue weighted by molar-refractivity contribution is -0.140. The highest BCUT2D eigenvalue weighted by molar-refractivity contribution is 5.96. The van der Waals surface area contributed by atoms with Crippen molar-refractivity contribution in [2.45, 2.75) is 50.4 Å². The Morgan fingerprint density at radius 1 is 1.14 bits per heavy atom. The van der Waals surface area contributed by atoms with Gasteiger partial charge in [0.1, 0.15) is 17.1 Å². The molecule has 2 atom stereocenters. The van der Waals surface area contributed by atoms with Crippen molar-refractivity contribution in [3.8, 4) is 0 Å². The van der Waals surface area contributed by atoms with Gasteiger partial charge in [-0.25, -0.2) is 9.37 Å². The first kappa shape index (κ1) is 23.1. The molecule has 35 heavy (non-hydrogen) atoms. The van der Waals surface area contributed by atoms with Crippen LogP contribution in [-0.4, -0.2) is 22.5 Å². The Hall–Kier alpha value is -3.62. The number of aromatic nitrogens is 1. The zero-order valence-electron chi connectivity index (χ0n) is 18.9. The van der Waals surface area contributed by atoms with Gasteiger partial charge in [0, 0.05) is 28.0 Å². The standard InChI is InChI=1S/C26H23F4N3O2/c1-25(33-24(34)22-12-15-11-16(27)8-9-21(15)35-22)10-4-5-17(14-25)31-20-13-23(26(28,29)30)32-19-7-3-2-6-18(19)20/h2-3,6-9,11-13,17H,4-5,10,14H2,1H3,(H,31,32)(H,33,34)/t17-,25+/m0/s1. The van der Waals surface area contributed by atoms with Gasteiger partial charge in [-0.3, -0.25) is 4.79 Å². The molecular weight excluding hydrogens is 462 g/mol. The first-order valence-corrected chi connectivity index (χ1v) is 11.3. The van der Waals surface area contributed by atoms with Crippen LogP contribution < -0.4 is 10.6 Å². The summed E-state index contributed by atoms with van der Waals surface area (Å²) in [6.07, 6.45) is -1.84. The Morgan fingerprint density at radius 3 is 2.74 bits per heavy atom. The molecule has 0 spiro atoms. The van der Waals surface area contributed by atoms with Crippen LogP contribution in [0.3, 0.4) is 0 Å². The van der Waals surface area contributed by atoms with E-state index < -0.39 is 29.1 Å². The van der Waals surface area contributed by atoms with Crippen LogP contribution in [0.4, 0.5) is 23.2 Å². The van der Waals surface area contributed by atoms with Crippen molar-refractivity contribution in [3.05, 3.63) is 71.9 Å². The predicted molar refractivity (Wildman–Crippen MR) is 125 cm³/mol. The minimum Gasteiger partial charge on any atom is -0.451 e. The molecule has 2 aromatic heterocycles. The van der Waals surface area contributed by atoms with Crippen molar-refractivity contribution >= 4 is 33.5 Å². The van der Waals surface area contributed by atoms with Crippen LogP contribution in [0.2, 0.25) is 0 Å². The highest BCUT2D eigenvalue weighted by Gasteiger charge is 2.36. The molecule has 4 aromatic rings. The van der Waals surface area contributed by atoms with Gasteiger partial charge < -0.3 is 15.1 Å². The SMILES string of the molecule is C[C@@]1(NC(=O)c2cc3cc(F)ccc3o2)CCC[C@H](Nc2cc(C(F)(F)F)nc3ccccc23)C1. The summed E-state index contributed by atoms with van der Waals surface area (Å²) in [6.45, 7) is 1.91. The normalized spacial score (nSPS) is 20.8. The Labute approximate surface area is 198 Å². The van der Waals surface area contributed by atoms with E-state index in [9.17, 15) is 22.4 Å². The molecule has 5 rings (SSSR count). The number of furan rings is 1. The number of alkyl halides is 3. The number of carbonyl (C=O) groups is 1. The van der Waals surface area contributed by atoms with Gasteiger partial charge in [-0.05, 0) is 69.0 Å². The summed E-state index contributed by atoms with van der Waals surface area (Å²) in [7, 11) is 0. The summed E-state index contributed by atoms with van der Waals surface area (Å²) in [5.41, 5.74) is -0.518. The molecule has 9 heteroatoms. The lowest BCUT2D eigenvalue weighted by Crippen LogP contribution is -2.51. The van der Waals surface area contributed by atoms with E-state index >= 15 is 0 Å². The topological polar surface area (TPSA) is 67.2 Å². The molecular formula is C26H23F4N3O2. The number of carbonyl (C=O) groups excluding carboxylic acids is 1. The fourth-order valence-electron chi connectivity index (χ4n) is 4.85. The zero-order valence-corrected chi connectivity index (χ0v) is 18.9. The predicted octanol–water partition coefficient (Wildman–Crippen LogP) is 6.68. The highest BCUT2D eigenvalue weighted by Crippen LogP contribution is 2.36. The van der Waals surface area contributed by atoms with Gasteiger partial charge in [0.15, 0.2) is 5.76 Å². The third-order valence-electron chi connectivity index (χ3n) is 6.46. The summed E-state index contributed by atoms with van der Waals surface area (Å²) >= 11 is 0. The van der Waals surface area contributed by atoms with Gasteiger partial charge in [-0.1, -0.05) is 18.2 Å². The number of fused-ring (bicyclic) bond motifs is 2. The van der Waals surface area contributed by atoms with Crippen molar-refractivity contribution in [1.82, 2.24) is 10.3 Å². The number of para-hydroxylation sites is 1. The largest absolute Gasteiger partial charge is 0.451 e. The average molecular weight is 485 g/mol. The number of rotatable bonds is 4. The monoisotopic (exact) mass is 485 g/mol. The Balaban J connectivity index is 1.36. The van der Waals surface area contributed by atoms with Crippen LogP contribution in [0, 0.1) is 5.82 Å². The maximum Gasteiger partial charge on any atom is 0.433 e. The van der Waals surface area contributed by atoms with E-state index in [2.05, 4.69) is 15.6 Å². The molecule has 1 saturated carbocycles. The molecule has 1 fully saturated rings. The minimum absolute atomic E-state index is 0.0804. The number of nitrogens with zero attached hydrogens (tertiary/aromatic N) is 1. The van der Waals surface area contributed by atoms with E-state index in [0.29, 0.717) is 34.9 Å². The van der Waals surface area contributed by atoms with E-state index in [1.54, 1.807) is 24.3 Å². The molecule has 5 nitrogen and oxygen atoms in total. The third-order valence-corrected chi connectivity index (χ3v) is 6.46. The number of anilines is 1. The number of halogens is 4. The first-order valence-electron chi connectivity index (χ1n) is 11.3. The second-order valence-electron chi connectivity index (χ2n) is 9.32. The Morgan fingerprint density at radius 2 is 1.94 bits per heavy atom. The maximum atomic E-state index is 13.5. The summed E-state index contributed by atoms with van der Waals surface area (Å²) in [5, 5.41) is 7.39. The van der Waals surface area contributed by atoms with Crippen LogP contribution in [0.25, 0.3) is 21.9 Å². The van der Waals surface area contributed by atoms with Crippen molar-refractivity contribution in [1.29, 1.82) is 0 Å². The van der Waals surface area contributed by atoms with Gasteiger partial charge in [0.2, 0.25) is 0 Å². The lowest BCUT2D eigenvalue weighted by atomic mass is 9.80. The number of hydrogen-bond donors (Lipinski definition) is 2. The number of nitrogens with one attached hydrogen (secondary N) is 2. The van der Waals surface area contributed by atoms with Crippen molar-refractivity contribution in [2.24, 2.45) is 0 Å². The van der Waals surface area contributed by atoms with Crippen molar-refractivity contribution in [3.63, 3.8) is 0 Å². The number of hydrogen-bond acceptors (Lipinski definition) is 4. The third kappa shape index (κ3) is 4.80. The molecule has 2 N–H and O–H groups in total. The molecule has 1 amide bonds. The van der Waals surface area contributed by atoms with Gasteiger partial charge in [0.05, 0.1) is 5.52 Å². The molecule has 2 heterocycles. The van der Waals surface area contributed by atoms with E-state index in [-0.39, 0.29) is 17.3 Å². The molecule has 0 unspecified atom stereocenters. The van der Waals surface area contributed by atoms with Gasteiger partial charge >= 0.3 is 6.18 Å². The molecule has 1 aliphatic carbocycles. The fraction of sp³-hybridized carbons (Fsp3) is 0.308. The van der Waals surface area contributed by atoms with Crippen LogP contribution in [-0.2, 0) is 6.18 Å². The number of benzene rings is 2. The molecule has 2 aromatic carbocycles. The molecule has 182 valence electrons. The Bertz CT molecular complexity index is 1420. The summed E-state index contributed by atoms with van der Waals surface area (Å²) in [4.78, 5) is 16.7. The van der Waals surface area contributed by atoms with Crippen LogP contribution in [0.1, 0.15) is 48.9 Å². The maximum absolute atomic E-state index is 13.5. The quantitative estimate of drug-likeness (QED) is 0.317. The van der Waals surface area contributed by atoms with Crippen LogP contribution >= 0.6 is 0 Å². The second-order valence-corrected chi connectivity index (χ2v) is 9.32. The van der Waals surface area contributed by atoms with Gasteiger partial charge in [0.25, 0.3) is 5.91 Å². The van der Waals surface area contributed by atoms with Crippen LogP contribution in [0.5, 0.6) is 0 Å². The van der Waals surface area contributed by atoms with E-state index in [1.165, 1.54) is 24.3 Å². The van der Waals surface area contributed by atoms with E-state index in [1.807, 2.05) is 6.92 Å². The lowest BCUT2D eigenvalue weighted by Gasteiger charge is -2.39. The molecule has 1 aliphatic rings. The zero-order chi connectivity index (χ0) is 24.8. The minimum atomic E-state index is -4.56. The second kappa shape index (κ2) is 8.55.